The predicted octanol–water partition coefficient (Wildman–Crippen LogP) is 1.58. The van der Waals surface area contributed by atoms with Crippen LogP contribution in [0.2, 0.25) is 0 Å². The van der Waals surface area contributed by atoms with E-state index >= 15 is 0 Å². The molecule has 0 saturated heterocycles. The molecule has 26 heavy (non-hydrogen) atoms. The zero-order valence-corrected chi connectivity index (χ0v) is 19.0. The van der Waals surface area contributed by atoms with Crippen LogP contribution >= 0.6 is 24.0 Å². The first-order chi connectivity index (χ1) is 12.2. The van der Waals surface area contributed by atoms with Gasteiger partial charge in [0, 0.05) is 52.4 Å². The number of amides is 1. The maximum atomic E-state index is 11.9. The highest BCUT2D eigenvalue weighted by atomic mass is 127. The Kier molecular flexibility index (Phi) is 16.2. The second-order valence-corrected chi connectivity index (χ2v) is 6.64. The first-order valence-corrected chi connectivity index (χ1v) is 9.64. The Bertz CT molecular complexity index is 390. The smallest absolute Gasteiger partial charge is 0.221 e. The molecule has 0 bridgehead atoms. The van der Waals surface area contributed by atoms with Crippen LogP contribution in [0.25, 0.3) is 0 Å². The number of nitrogens with zero attached hydrogens (tertiary/aromatic N) is 2. The Morgan fingerprint density at radius 3 is 2.62 bits per heavy atom. The molecule has 0 aliphatic heterocycles. The highest BCUT2D eigenvalue weighted by molar-refractivity contribution is 14.0. The highest BCUT2D eigenvalue weighted by Gasteiger charge is 2.16. The van der Waals surface area contributed by atoms with Gasteiger partial charge in [0.15, 0.2) is 5.96 Å². The van der Waals surface area contributed by atoms with E-state index in [-0.39, 0.29) is 29.9 Å². The molecule has 0 heterocycles. The van der Waals surface area contributed by atoms with Crippen molar-refractivity contribution < 1.29 is 9.53 Å². The van der Waals surface area contributed by atoms with Crippen LogP contribution in [0.1, 0.15) is 45.4 Å². The van der Waals surface area contributed by atoms with Gasteiger partial charge in [-0.3, -0.25) is 9.79 Å². The summed E-state index contributed by atoms with van der Waals surface area (Å²) in [6.45, 7) is 6.89. The van der Waals surface area contributed by atoms with E-state index < -0.39 is 0 Å². The van der Waals surface area contributed by atoms with Gasteiger partial charge >= 0.3 is 0 Å². The lowest BCUT2D eigenvalue weighted by Gasteiger charge is -2.16. The molecule has 1 aliphatic carbocycles. The van der Waals surface area contributed by atoms with Gasteiger partial charge in [-0.15, -0.1) is 24.0 Å². The van der Waals surface area contributed by atoms with Crippen molar-refractivity contribution in [1.82, 2.24) is 20.9 Å². The number of guanidine groups is 1. The molecule has 1 rings (SSSR count). The molecule has 1 fully saturated rings. The highest BCUT2D eigenvalue weighted by Crippen LogP contribution is 2.17. The zero-order chi connectivity index (χ0) is 18.3. The van der Waals surface area contributed by atoms with E-state index in [4.69, 9.17) is 4.74 Å². The summed E-state index contributed by atoms with van der Waals surface area (Å²) in [5.74, 6) is 0.912. The number of hydrogen-bond donors (Lipinski definition) is 3. The maximum absolute atomic E-state index is 11.9. The fraction of sp³-hybridized carbons (Fsp3) is 0.889. The summed E-state index contributed by atoms with van der Waals surface area (Å²) in [7, 11) is 3.82. The third-order valence-corrected chi connectivity index (χ3v) is 4.35. The summed E-state index contributed by atoms with van der Waals surface area (Å²) in [4.78, 5) is 18.8. The van der Waals surface area contributed by atoms with Gasteiger partial charge in [-0.05, 0) is 33.2 Å². The third kappa shape index (κ3) is 12.7. The van der Waals surface area contributed by atoms with E-state index in [0.717, 1.165) is 58.0 Å². The van der Waals surface area contributed by atoms with Crippen molar-refractivity contribution in [3.05, 3.63) is 0 Å². The van der Waals surface area contributed by atoms with E-state index in [9.17, 15) is 4.79 Å². The van der Waals surface area contributed by atoms with Gasteiger partial charge in [-0.1, -0.05) is 12.8 Å². The quantitative estimate of drug-likeness (QED) is 0.170. The first kappa shape index (κ1) is 25.4. The number of methoxy groups -OCH3 is 1. The zero-order valence-electron chi connectivity index (χ0n) is 16.7. The fourth-order valence-corrected chi connectivity index (χ4v) is 2.93. The van der Waals surface area contributed by atoms with Gasteiger partial charge in [-0.2, -0.15) is 0 Å². The van der Waals surface area contributed by atoms with Crippen LogP contribution < -0.4 is 16.0 Å². The summed E-state index contributed by atoms with van der Waals surface area (Å²) < 4.78 is 5.07. The van der Waals surface area contributed by atoms with Crippen molar-refractivity contribution in [3.63, 3.8) is 0 Å². The average molecular weight is 483 g/mol. The van der Waals surface area contributed by atoms with Gasteiger partial charge in [0.25, 0.3) is 0 Å². The number of likely N-dealkylation sites (N-methyl/N-ethyl adjacent to an activating group) is 1. The van der Waals surface area contributed by atoms with Gasteiger partial charge in [0.2, 0.25) is 5.91 Å². The maximum Gasteiger partial charge on any atom is 0.221 e. The van der Waals surface area contributed by atoms with Gasteiger partial charge in [0.05, 0.1) is 6.54 Å². The van der Waals surface area contributed by atoms with E-state index in [1.807, 2.05) is 6.92 Å². The molecule has 1 aliphatic rings. The average Bonchev–Trinajstić information content (AvgIpc) is 3.08. The molecule has 3 N–H and O–H groups in total. The van der Waals surface area contributed by atoms with Crippen LogP contribution in [-0.2, 0) is 9.53 Å². The molecule has 0 aromatic heterocycles. The Balaban J connectivity index is 0.00000625. The van der Waals surface area contributed by atoms with Crippen molar-refractivity contribution in [1.29, 1.82) is 0 Å². The number of ether oxygens (including phenoxy) is 1. The summed E-state index contributed by atoms with van der Waals surface area (Å²) in [6.07, 6.45) is 6.24. The molecule has 0 aromatic rings. The largest absolute Gasteiger partial charge is 0.385 e. The van der Waals surface area contributed by atoms with Crippen LogP contribution in [0.5, 0.6) is 0 Å². The molecule has 0 unspecified atom stereocenters. The molecule has 0 radical (unpaired) electrons. The number of rotatable bonds is 12. The lowest BCUT2D eigenvalue weighted by molar-refractivity contribution is -0.121. The van der Waals surface area contributed by atoms with Crippen molar-refractivity contribution in [3.8, 4) is 0 Å². The van der Waals surface area contributed by atoms with Crippen LogP contribution in [-0.4, -0.2) is 76.3 Å². The number of carbonyl (C=O) groups is 1. The summed E-state index contributed by atoms with van der Waals surface area (Å²) in [6, 6.07) is 0.392. The van der Waals surface area contributed by atoms with Gasteiger partial charge < -0.3 is 25.6 Å². The monoisotopic (exact) mass is 483 g/mol. The number of halogens is 1. The summed E-state index contributed by atoms with van der Waals surface area (Å²) in [5.41, 5.74) is 0. The molecule has 0 aromatic carbocycles. The van der Waals surface area contributed by atoms with Gasteiger partial charge in [0.1, 0.15) is 0 Å². The number of hydrogen-bond acceptors (Lipinski definition) is 4. The van der Waals surface area contributed by atoms with Crippen LogP contribution in [0.4, 0.5) is 0 Å². The standard InChI is InChI=1S/C18H37N5O2.HI/c1-4-19-18(21-12-14-23(2)13-7-15-25-3)20-11-10-17(24)22-16-8-5-6-9-16;/h16H,4-15H2,1-3H3,(H,22,24)(H2,19,20,21);1H. The minimum absolute atomic E-state index is 0. The molecule has 8 heteroatoms. The number of aliphatic imine (C=N–C) groups is 1. The Morgan fingerprint density at radius 1 is 1.23 bits per heavy atom. The minimum Gasteiger partial charge on any atom is -0.385 e. The summed E-state index contributed by atoms with van der Waals surface area (Å²) >= 11 is 0. The SMILES string of the molecule is CCNC(=NCCN(C)CCCOC)NCCC(=O)NC1CCCC1.I. The van der Waals surface area contributed by atoms with Gasteiger partial charge in [-0.25, -0.2) is 0 Å². The second-order valence-electron chi connectivity index (χ2n) is 6.64. The lowest BCUT2D eigenvalue weighted by atomic mass is 10.2. The van der Waals surface area contributed by atoms with E-state index in [1.165, 1.54) is 12.8 Å². The van der Waals surface area contributed by atoms with Crippen molar-refractivity contribution in [2.24, 2.45) is 4.99 Å². The van der Waals surface area contributed by atoms with Crippen molar-refractivity contribution >= 4 is 35.8 Å². The van der Waals surface area contributed by atoms with Crippen LogP contribution in [0.15, 0.2) is 4.99 Å². The second kappa shape index (κ2) is 16.6. The molecule has 1 saturated carbocycles. The van der Waals surface area contributed by atoms with E-state index in [2.05, 4.69) is 32.9 Å². The molecule has 0 spiro atoms. The van der Waals surface area contributed by atoms with E-state index in [0.29, 0.717) is 19.0 Å². The molecule has 7 nitrogen and oxygen atoms in total. The lowest BCUT2D eigenvalue weighted by Crippen LogP contribution is -2.40. The summed E-state index contributed by atoms with van der Waals surface area (Å²) in [5, 5.41) is 9.58. The predicted molar refractivity (Wildman–Crippen MR) is 118 cm³/mol. The number of carbonyl (C=O) groups excluding carboxylic acids is 1. The van der Waals surface area contributed by atoms with Crippen LogP contribution in [0, 0.1) is 0 Å². The van der Waals surface area contributed by atoms with Crippen molar-refractivity contribution in [2.45, 2.75) is 51.5 Å². The topological polar surface area (TPSA) is 78.0 Å². The normalized spacial score (nSPS) is 15.0. The Labute approximate surface area is 176 Å². The van der Waals surface area contributed by atoms with Crippen molar-refractivity contribution in [2.75, 3.05) is 53.5 Å². The minimum atomic E-state index is 0. The van der Waals surface area contributed by atoms with Crippen LogP contribution in [0.3, 0.4) is 0 Å². The third-order valence-electron chi connectivity index (χ3n) is 4.35. The molecular weight excluding hydrogens is 445 g/mol. The Morgan fingerprint density at radius 2 is 1.96 bits per heavy atom. The molecule has 1 amide bonds. The number of nitrogens with one attached hydrogen (secondary N) is 3. The molecular formula is C18H38IN5O2. The molecule has 154 valence electrons. The van der Waals surface area contributed by atoms with E-state index in [1.54, 1.807) is 7.11 Å². The molecule has 0 atom stereocenters. The Hall–Kier alpha value is -0.610. The fourth-order valence-electron chi connectivity index (χ4n) is 2.93. The first-order valence-electron chi connectivity index (χ1n) is 9.64.